The third-order valence-electron chi connectivity index (χ3n) is 2.84. The molecule has 0 heterocycles. The molecule has 0 saturated heterocycles. The fourth-order valence-electron chi connectivity index (χ4n) is 1.73. The number of aryl methyl sites for hydroxylation is 1. The van der Waals surface area contributed by atoms with E-state index >= 15 is 0 Å². The number of para-hydroxylation sites is 1. The Morgan fingerprint density at radius 3 is 2.75 bits per heavy atom. The lowest BCUT2D eigenvalue weighted by atomic mass is 10.1. The highest BCUT2D eigenvalue weighted by atomic mass is 79.9. The Kier molecular flexibility index (Phi) is 4.36. The van der Waals surface area contributed by atoms with Gasteiger partial charge in [-0.3, -0.25) is 10.1 Å². The summed E-state index contributed by atoms with van der Waals surface area (Å²) in [6.07, 6.45) is 0. The molecule has 0 aliphatic heterocycles. The number of rotatable bonds is 4. The minimum Gasteiger partial charge on any atom is -0.449 e. The van der Waals surface area contributed by atoms with Crippen molar-refractivity contribution >= 4 is 21.6 Å². The van der Waals surface area contributed by atoms with Gasteiger partial charge in [0.25, 0.3) is 0 Å². The van der Waals surface area contributed by atoms with Crippen LogP contribution in [0.4, 0.5) is 5.69 Å². The van der Waals surface area contributed by atoms with Crippen molar-refractivity contribution < 1.29 is 9.66 Å². The van der Waals surface area contributed by atoms with Crippen LogP contribution in [0.5, 0.6) is 11.5 Å². The number of halogens is 1. The molecule has 2 aromatic carbocycles. The van der Waals surface area contributed by atoms with Crippen molar-refractivity contribution in [1.29, 1.82) is 0 Å². The smallest absolute Gasteiger partial charge is 0.312 e. The monoisotopic (exact) mass is 336 g/mol. The second-order valence-corrected chi connectivity index (χ2v) is 5.11. The highest BCUT2D eigenvalue weighted by Gasteiger charge is 2.19. The molecule has 0 atom stereocenters. The molecule has 0 fully saturated rings. The first-order chi connectivity index (χ1) is 9.52. The van der Waals surface area contributed by atoms with E-state index in [2.05, 4.69) is 15.9 Å². The van der Waals surface area contributed by atoms with Gasteiger partial charge in [0.15, 0.2) is 0 Å². The van der Waals surface area contributed by atoms with Crippen LogP contribution in [0.25, 0.3) is 0 Å². The second-order valence-electron chi connectivity index (χ2n) is 4.25. The summed E-state index contributed by atoms with van der Waals surface area (Å²) in [6.45, 7) is 2.26. The normalized spacial score (nSPS) is 10.3. The van der Waals surface area contributed by atoms with Crippen molar-refractivity contribution in [2.45, 2.75) is 13.5 Å². The number of nitro groups is 1. The van der Waals surface area contributed by atoms with Crippen LogP contribution in [0.3, 0.4) is 0 Å². The molecule has 0 unspecified atom stereocenters. The van der Waals surface area contributed by atoms with E-state index in [1.54, 1.807) is 18.2 Å². The van der Waals surface area contributed by atoms with Crippen molar-refractivity contribution in [3.05, 3.63) is 62.1 Å². The van der Waals surface area contributed by atoms with Gasteiger partial charge < -0.3 is 10.5 Å². The molecule has 104 valence electrons. The van der Waals surface area contributed by atoms with Crippen molar-refractivity contribution in [2.75, 3.05) is 0 Å². The number of ether oxygens (including phenoxy) is 1. The average molecular weight is 337 g/mol. The van der Waals surface area contributed by atoms with Gasteiger partial charge in [-0.2, -0.15) is 0 Å². The molecule has 2 aromatic rings. The zero-order chi connectivity index (χ0) is 14.7. The Bertz CT molecular complexity index is 659. The molecule has 0 amide bonds. The second kappa shape index (κ2) is 6.02. The summed E-state index contributed by atoms with van der Waals surface area (Å²) in [5, 5.41) is 11.1. The maximum Gasteiger partial charge on any atom is 0.312 e. The topological polar surface area (TPSA) is 78.4 Å². The predicted molar refractivity (Wildman–Crippen MR) is 79.9 cm³/mol. The molecule has 20 heavy (non-hydrogen) atoms. The van der Waals surface area contributed by atoms with Crippen LogP contribution in [0.15, 0.2) is 40.9 Å². The van der Waals surface area contributed by atoms with Gasteiger partial charge in [-0.15, -0.1) is 0 Å². The summed E-state index contributed by atoms with van der Waals surface area (Å²) < 4.78 is 6.26. The van der Waals surface area contributed by atoms with E-state index in [1.807, 2.05) is 19.1 Å². The van der Waals surface area contributed by atoms with Crippen molar-refractivity contribution in [3.8, 4) is 11.5 Å². The number of nitrogens with zero attached hydrogens (tertiary/aromatic N) is 1. The van der Waals surface area contributed by atoms with Gasteiger partial charge in [-0.25, -0.2) is 0 Å². The zero-order valence-corrected chi connectivity index (χ0v) is 12.4. The largest absolute Gasteiger partial charge is 0.449 e. The number of nitro benzene ring substituents is 1. The maximum absolute atomic E-state index is 11.1. The quantitative estimate of drug-likeness (QED) is 0.677. The van der Waals surface area contributed by atoms with Crippen LogP contribution >= 0.6 is 15.9 Å². The summed E-state index contributed by atoms with van der Waals surface area (Å²) in [5.41, 5.74) is 7.30. The summed E-state index contributed by atoms with van der Waals surface area (Å²) >= 11 is 3.28. The Labute approximate surface area is 124 Å². The summed E-state index contributed by atoms with van der Waals surface area (Å²) in [6, 6.07) is 10.3. The van der Waals surface area contributed by atoms with Gasteiger partial charge in [-0.05, 0) is 46.1 Å². The Hall–Kier alpha value is -1.92. The van der Waals surface area contributed by atoms with Gasteiger partial charge in [0.2, 0.25) is 5.75 Å². The Morgan fingerprint density at radius 1 is 1.35 bits per heavy atom. The first kappa shape index (κ1) is 14.5. The highest BCUT2D eigenvalue weighted by Crippen LogP contribution is 2.39. The first-order valence-electron chi connectivity index (χ1n) is 5.93. The number of hydrogen-bond donors (Lipinski definition) is 1. The van der Waals surface area contributed by atoms with Gasteiger partial charge in [0, 0.05) is 12.6 Å². The van der Waals surface area contributed by atoms with E-state index in [-0.39, 0.29) is 11.4 Å². The summed E-state index contributed by atoms with van der Waals surface area (Å²) in [7, 11) is 0. The Balaban J connectivity index is 2.47. The number of hydrogen-bond acceptors (Lipinski definition) is 4. The van der Waals surface area contributed by atoms with E-state index in [0.29, 0.717) is 16.8 Å². The molecule has 0 aliphatic rings. The molecule has 0 aliphatic carbocycles. The van der Waals surface area contributed by atoms with Crippen molar-refractivity contribution in [1.82, 2.24) is 0 Å². The van der Waals surface area contributed by atoms with Crippen molar-refractivity contribution in [3.63, 3.8) is 0 Å². The van der Waals surface area contributed by atoms with Crippen LogP contribution in [0.1, 0.15) is 11.1 Å². The average Bonchev–Trinajstić information content (AvgIpc) is 2.43. The molecule has 0 saturated carbocycles. The van der Waals surface area contributed by atoms with Crippen LogP contribution in [0.2, 0.25) is 0 Å². The SMILES string of the molecule is Cc1ccc(CN)cc1Oc1c(Br)cccc1[N+](=O)[O-]. The number of benzene rings is 2. The molecular formula is C14H13BrN2O3. The van der Waals surface area contributed by atoms with Crippen LogP contribution in [-0.2, 0) is 6.54 Å². The van der Waals surface area contributed by atoms with Crippen LogP contribution in [0, 0.1) is 17.0 Å². The highest BCUT2D eigenvalue weighted by molar-refractivity contribution is 9.10. The molecule has 2 N–H and O–H groups in total. The molecule has 0 aromatic heterocycles. The lowest BCUT2D eigenvalue weighted by molar-refractivity contribution is -0.385. The molecule has 6 heteroatoms. The van der Waals surface area contributed by atoms with Gasteiger partial charge in [0.05, 0.1) is 9.40 Å². The van der Waals surface area contributed by atoms with Crippen LogP contribution in [-0.4, -0.2) is 4.92 Å². The molecule has 0 spiro atoms. The van der Waals surface area contributed by atoms with Gasteiger partial charge >= 0.3 is 5.69 Å². The van der Waals surface area contributed by atoms with Gasteiger partial charge in [0.1, 0.15) is 5.75 Å². The third kappa shape index (κ3) is 2.97. The fourth-order valence-corrected chi connectivity index (χ4v) is 2.17. The third-order valence-corrected chi connectivity index (χ3v) is 3.47. The minimum absolute atomic E-state index is 0.0862. The molecular weight excluding hydrogens is 324 g/mol. The summed E-state index contributed by atoms with van der Waals surface area (Å²) in [4.78, 5) is 10.6. The van der Waals surface area contributed by atoms with E-state index in [1.165, 1.54) is 6.07 Å². The van der Waals surface area contributed by atoms with E-state index in [0.717, 1.165) is 11.1 Å². The van der Waals surface area contributed by atoms with Crippen LogP contribution < -0.4 is 10.5 Å². The molecule has 0 bridgehead atoms. The molecule has 5 nitrogen and oxygen atoms in total. The predicted octanol–water partition coefficient (Wildman–Crippen LogP) is 3.92. The number of nitrogens with two attached hydrogens (primary N) is 1. The maximum atomic E-state index is 11.1. The first-order valence-corrected chi connectivity index (χ1v) is 6.72. The van der Waals surface area contributed by atoms with E-state index in [9.17, 15) is 10.1 Å². The standard InChI is InChI=1S/C14H13BrN2O3/c1-9-5-6-10(8-16)7-13(9)20-14-11(15)3-2-4-12(14)17(18)19/h2-7H,8,16H2,1H3. The molecule has 2 rings (SSSR count). The van der Waals surface area contributed by atoms with Gasteiger partial charge in [-0.1, -0.05) is 18.2 Å². The lowest BCUT2D eigenvalue weighted by Crippen LogP contribution is -1.99. The van der Waals surface area contributed by atoms with E-state index < -0.39 is 4.92 Å². The Morgan fingerprint density at radius 2 is 2.10 bits per heavy atom. The lowest BCUT2D eigenvalue weighted by Gasteiger charge is -2.11. The minimum atomic E-state index is -0.470. The zero-order valence-electron chi connectivity index (χ0n) is 10.8. The molecule has 0 radical (unpaired) electrons. The summed E-state index contributed by atoms with van der Waals surface area (Å²) in [5.74, 6) is 0.748. The fraction of sp³-hybridized carbons (Fsp3) is 0.143. The van der Waals surface area contributed by atoms with Crippen molar-refractivity contribution in [2.24, 2.45) is 5.73 Å². The van der Waals surface area contributed by atoms with E-state index in [4.69, 9.17) is 10.5 Å².